The molecule has 0 aliphatic heterocycles. The lowest BCUT2D eigenvalue weighted by Gasteiger charge is -2.24. The molecule has 1 amide bonds. The highest BCUT2D eigenvalue weighted by molar-refractivity contribution is 7.92. The van der Waals surface area contributed by atoms with Crippen LogP contribution in [0.5, 0.6) is 17.2 Å². The molecular weight excluding hydrogens is 428 g/mol. The van der Waals surface area contributed by atoms with E-state index in [1.165, 1.54) is 0 Å². The Morgan fingerprint density at radius 2 is 1.59 bits per heavy atom. The van der Waals surface area contributed by atoms with Gasteiger partial charge in [-0.1, -0.05) is 36.4 Å². The van der Waals surface area contributed by atoms with Gasteiger partial charge in [0.15, 0.2) is 5.75 Å². The summed E-state index contributed by atoms with van der Waals surface area (Å²) in [6.07, 6.45) is 1.04. The molecule has 0 fully saturated rings. The van der Waals surface area contributed by atoms with Crippen molar-refractivity contribution in [3.8, 4) is 17.2 Å². The van der Waals surface area contributed by atoms with Crippen LogP contribution >= 0.6 is 0 Å². The van der Waals surface area contributed by atoms with Crippen molar-refractivity contribution in [2.24, 2.45) is 0 Å². The molecule has 1 N–H and O–H groups in total. The van der Waals surface area contributed by atoms with E-state index in [1.807, 2.05) is 32.0 Å². The molecule has 7 nitrogen and oxygen atoms in total. The van der Waals surface area contributed by atoms with Crippen LogP contribution in [0.15, 0.2) is 78.9 Å². The topological polar surface area (TPSA) is 84.9 Å². The maximum Gasteiger partial charge on any atom is 0.245 e. The van der Waals surface area contributed by atoms with E-state index in [0.29, 0.717) is 22.9 Å². The average Bonchev–Trinajstić information content (AvgIpc) is 2.72. The van der Waals surface area contributed by atoms with Gasteiger partial charge >= 0.3 is 0 Å². The molecular formula is C24H26N2O5S. The third kappa shape index (κ3) is 6.49. The molecule has 0 aromatic heterocycles. The number of carbonyl (C=O) groups excluding carboxylic acids is 1. The lowest BCUT2D eigenvalue weighted by molar-refractivity contribution is -0.114. The number of sulfonamides is 1. The van der Waals surface area contributed by atoms with Crippen molar-refractivity contribution in [1.82, 2.24) is 0 Å². The van der Waals surface area contributed by atoms with Crippen molar-refractivity contribution in [2.45, 2.75) is 20.0 Å². The zero-order valence-corrected chi connectivity index (χ0v) is 19.0. The highest BCUT2D eigenvalue weighted by atomic mass is 32.2. The summed E-state index contributed by atoms with van der Waals surface area (Å²) in [6.45, 7) is 3.40. The van der Waals surface area contributed by atoms with Crippen molar-refractivity contribution in [3.05, 3.63) is 78.9 Å². The maximum absolute atomic E-state index is 12.7. The van der Waals surface area contributed by atoms with Crippen molar-refractivity contribution >= 4 is 27.3 Å². The van der Waals surface area contributed by atoms with Gasteiger partial charge in [0.05, 0.1) is 18.0 Å². The highest BCUT2D eigenvalue weighted by Gasteiger charge is 2.24. The molecule has 3 rings (SSSR count). The summed E-state index contributed by atoms with van der Waals surface area (Å²) in [5, 5.41) is 2.73. The van der Waals surface area contributed by atoms with Gasteiger partial charge in [0.2, 0.25) is 15.9 Å². The van der Waals surface area contributed by atoms with Crippen LogP contribution in [0.4, 0.5) is 11.4 Å². The second-order valence-electron chi connectivity index (χ2n) is 7.40. The van der Waals surface area contributed by atoms with E-state index in [1.54, 1.807) is 60.7 Å². The van der Waals surface area contributed by atoms with Crippen molar-refractivity contribution in [1.29, 1.82) is 0 Å². The Bertz CT molecular complexity index is 1160. The molecule has 3 aromatic carbocycles. The first-order valence-corrected chi connectivity index (χ1v) is 11.9. The predicted molar refractivity (Wildman–Crippen MR) is 126 cm³/mol. The summed E-state index contributed by atoms with van der Waals surface area (Å²) in [5.41, 5.74) is 0.779. The number of carbonyl (C=O) groups is 1. The normalized spacial score (nSPS) is 11.1. The van der Waals surface area contributed by atoms with Crippen LogP contribution in [0, 0.1) is 0 Å². The van der Waals surface area contributed by atoms with E-state index in [0.717, 1.165) is 10.6 Å². The zero-order chi connectivity index (χ0) is 23.1. The number of rotatable bonds is 9. The molecule has 8 heteroatoms. The average molecular weight is 455 g/mol. The first-order valence-electron chi connectivity index (χ1n) is 10.1. The standard InChI is InChI=1S/C24H26N2O5S/c1-18(2)30-21-13-9-10-19(16-21)25-24(27)17-26(32(3,28)29)22-14-7-8-15-23(22)31-20-11-5-4-6-12-20/h4-16,18H,17H2,1-3H3,(H,25,27). The van der Waals surface area contributed by atoms with Crippen LogP contribution in [-0.4, -0.2) is 33.2 Å². The highest BCUT2D eigenvalue weighted by Crippen LogP contribution is 2.33. The van der Waals surface area contributed by atoms with E-state index < -0.39 is 22.5 Å². The molecule has 168 valence electrons. The van der Waals surface area contributed by atoms with Gasteiger partial charge in [0.1, 0.15) is 18.0 Å². The summed E-state index contributed by atoms with van der Waals surface area (Å²) in [6, 6.07) is 22.6. The van der Waals surface area contributed by atoms with Gasteiger partial charge in [-0.3, -0.25) is 9.10 Å². The fraction of sp³-hybridized carbons (Fsp3) is 0.208. The number of ether oxygens (including phenoxy) is 2. The number of para-hydroxylation sites is 3. The Kier molecular flexibility index (Phi) is 7.37. The fourth-order valence-corrected chi connectivity index (χ4v) is 3.86. The van der Waals surface area contributed by atoms with Gasteiger partial charge in [-0.15, -0.1) is 0 Å². The quantitative estimate of drug-likeness (QED) is 0.508. The summed E-state index contributed by atoms with van der Waals surface area (Å²) in [7, 11) is -3.78. The van der Waals surface area contributed by atoms with Gasteiger partial charge in [-0.25, -0.2) is 8.42 Å². The number of amides is 1. The largest absolute Gasteiger partial charge is 0.491 e. The monoisotopic (exact) mass is 454 g/mol. The molecule has 0 saturated heterocycles. The molecule has 0 spiro atoms. The molecule has 0 aliphatic rings. The Balaban J connectivity index is 1.82. The van der Waals surface area contributed by atoms with Crippen LogP contribution in [0.2, 0.25) is 0 Å². The second kappa shape index (κ2) is 10.2. The molecule has 32 heavy (non-hydrogen) atoms. The first kappa shape index (κ1) is 23.1. The molecule has 0 radical (unpaired) electrons. The molecule has 0 atom stereocenters. The van der Waals surface area contributed by atoms with Crippen LogP contribution in [0.25, 0.3) is 0 Å². The Labute approximate surface area is 188 Å². The lowest BCUT2D eigenvalue weighted by atomic mass is 10.2. The summed E-state index contributed by atoms with van der Waals surface area (Å²) >= 11 is 0. The van der Waals surface area contributed by atoms with Gasteiger partial charge in [0.25, 0.3) is 0 Å². The number of hydrogen-bond donors (Lipinski definition) is 1. The van der Waals surface area contributed by atoms with E-state index in [4.69, 9.17) is 9.47 Å². The number of nitrogens with zero attached hydrogens (tertiary/aromatic N) is 1. The van der Waals surface area contributed by atoms with Crippen LogP contribution in [0.3, 0.4) is 0 Å². The lowest BCUT2D eigenvalue weighted by Crippen LogP contribution is -2.37. The number of benzene rings is 3. The minimum atomic E-state index is -3.78. The van der Waals surface area contributed by atoms with Crippen molar-refractivity contribution < 1.29 is 22.7 Å². The SMILES string of the molecule is CC(C)Oc1cccc(NC(=O)CN(c2ccccc2Oc2ccccc2)S(C)(=O)=O)c1. The minimum absolute atomic E-state index is 0.0113. The van der Waals surface area contributed by atoms with Crippen LogP contribution in [0.1, 0.15) is 13.8 Å². The van der Waals surface area contributed by atoms with E-state index in [2.05, 4.69) is 5.32 Å². The third-order valence-electron chi connectivity index (χ3n) is 4.28. The summed E-state index contributed by atoms with van der Waals surface area (Å²) in [5.74, 6) is 0.995. The Morgan fingerprint density at radius 3 is 2.28 bits per heavy atom. The minimum Gasteiger partial charge on any atom is -0.491 e. The smallest absolute Gasteiger partial charge is 0.245 e. The van der Waals surface area contributed by atoms with Gasteiger partial charge in [-0.05, 0) is 50.2 Å². The van der Waals surface area contributed by atoms with E-state index in [-0.39, 0.29) is 11.8 Å². The molecule has 0 heterocycles. The van der Waals surface area contributed by atoms with E-state index >= 15 is 0 Å². The number of nitrogens with one attached hydrogen (secondary N) is 1. The number of anilines is 2. The Hall–Kier alpha value is -3.52. The van der Waals surface area contributed by atoms with E-state index in [9.17, 15) is 13.2 Å². The maximum atomic E-state index is 12.7. The third-order valence-corrected chi connectivity index (χ3v) is 5.41. The van der Waals surface area contributed by atoms with Crippen LogP contribution in [-0.2, 0) is 14.8 Å². The zero-order valence-electron chi connectivity index (χ0n) is 18.2. The second-order valence-corrected chi connectivity index (χ2v) is 9.30. The summed E-state index contributed by atoms with van der Waals surface area (Å²) < 4.78 is 37.7. The van der Waals surface area contributed by atoms with Gasteiger partial charge in [-0.2, -0.15) is 0 Å². The van der Waals surface area contributed by atoms with Gasteiger partial charge < -0.3 is 14.8 Å². The number of hydrogen-bond acceptors (Lipinski definition) is 5. The van der Waals surface area contributed by atoms with Crippen LogP contribution < -0.4 is 19.1 Å². The molecule has 0 unspecified atom stereocenters. The molecule has 0 bridgehead atoms. The van der Waals surface area contributed by atoms with Crippen molar-refractivity contribution in [3.63, 3.8) is 0 Å². The van der Waals surface area contributed by atoms with Crippen molar-refractivity contribution in [2.75, 3.05) is 22.4 Å². The first-order chi connectivity index (χ1) is 15.2. The fourth-order valence-electron chi connectivity index (χ4n) is 3.00. The molecule has 0 aliphatic carbocycles. The summed E-state index contributed by atoms with van der Waals surface area (Å²) in [4.78, 5) is 12.7. The molecule has 0 saturated carbocycles. The predicted octanol–water partition coefficient (Wildman–Crippen LogP) is 4.67. The Morgan fingerprint density at radius 1 is 0.938 bits per heavy atom. The molecule has 3 aromatic rings. The van der Waals surface area contributed by atoms with Gasteiger partial charge in [0, 0.05) is 11.8 Å².